The second-order valence-corrected chi connectivity index (χ2v) is 2.89. The second kappa shape index (κ2) is 7.08. The second-order valence-electron chi connectivity index (χ2n) is 2.89. The van der Waals surface area contributed by atoms with E-state index >= 15 is 0 Å². The molecule has 5 heteroatoms. The number of imide groups is 1. The van der Waals surface area contributed by atoms with E-state index in [1.807, 2.05) is 24.4 Å². The van der Waals surface area contributed by atoms with Gasteiger partial charge in [-0.05, 0) is 26.8 Å². The lowest BCUT2D eigenvalue weighted by Gasteiger charge is -2.11. The summed E-state index contributed by atoms with van der Waals surface area (Å²) in [5.74, 6) is -0.405. The number of nitrogens with one attached hydrogen (secondary N) is 2. The first kappa shape index (κ1) is 12.6. The van der Waals surface area contributed by atoms with Crippen LogP contribution >= 0.6 is 0 Å². The van der Waals surface area contributed by atoms with Crippen molar-refractivity contribution in [3.05, 3.63) is 12.2 Å². The summed E-state index contributed by atoms with van der Waals surface area (Å²) in [5, 5.41) is 4.95. The topological polar surface area (TPSA) is 84.2 Å². The SMILES string of the molecule is C/C=C/CCNC(C)C(=O)NC(N)=O. The molecule has 0 aromatic heterocycles. The number of carbonyl (C=O) groups is 2. The van der Waals surface area contributed by atoms with E-state index in [1.54, 1.807) is 6.92 Å². The lowest BCUT2D eigenvalue weighted by molar-refractivity contribution is -0.121. The number of amides is 3. The molecule has 3 amide bonds. The third-order valence-corrected chi connectivity index (χ3v) is 1.64. The van der Waals surface area contributed by atoms with Crippen LogP contribution in [0.4, 0.5) is 4.79 Å². The largest absolute Gasteiger partial charge is 0.351 e. The summed E-state index contributed by atoms with van der Waals surface area (Å²) >= 11 is 0. The van der Waals surface area contributed by atoms with Crippen molar-refractivity contribution in [2.75, 3.05) is 6.54 Å². The molecule has 0 saturated carbocycles. The van der Waals surface area contributed by atoms with Crippen LogP contribution < -0.4 is 16.4 Å². The van der Waals surface area contributed by atoms with Gasteiger partial charge >= 0.3 is 6.03 Å². The minimum absolute atomic E-state index is 0.405. The predicted molar refractivity (Wildman–Crippen MR) is 54.6 cm³/mol. The molecule has 0 saturated heterocycles. The van der Waals surface area contributed by atoms with Gasteiger partial charge in [-0.25, -0.2) is 4.79 Å². The quantitative estimate of drug-likeness (QED) is 0.434. The Morgan fingerprint density at radius 3 is 2.64 bits per heavy atom. The Hall–Kier alpha value is -1.36. The lowest BCUT2D eigenvalue weighted by atomic mass is 10.3. The molecular weight excluding hydrogens is 182 g/mol. The van der Waals surface area contributed by atoms with Crippen LogP contribution in [0, 0.1) is 0 Å². The Labute approximate surface area is 83.7 Å². The molecule has 0 radical (unpaired) electrons. The molecule has 0 fully saturated rings. The van der Waals surface area contributed by atoms with Crippen LogP contribution in [0.1, 0.15) is 20.3 Å². The number of rotatable bonds is 5. The lowest BCUT2D eigenvalue weighted by Crippen LogP contribution is -2.46. The predicted octanol–water partition coefficient (Wildman–Crippen LogP) is 0.126. The summed E-state index contributed by atoms with van der Waals surface area (Å²) in [5.41, 5.74) is 4.80. The van der Waals surface area contributed by atoms with Gasteiger partial charge in [-0.3, -0.25) is 10.1 Å². The summed E-state index contributed by atoms with van der Waals surface area (Å²) in [6.45, 7) is 4.30. The number of hydrogen-bond acceptors (Lipinski definition) is 3. The van der Waals surface area contributed by atoms with Gasteiger partial charge in [-0.15, -0.1) is 0 Å². The molecule has 5 nitrogen and oxygen atoms in total. The zero-order chi connectivity index (χ0) is 11.0. The van der Waals surface area contributed by atoms with E-state index in [9.17, 15) is 9.59 Å². The van der Waals surface area contributed by atoms with Gasteiger partial charge in [0.15, 0.2) is 0 Å². The molecule has 0 bridgehead atoms. The van der Waals surface area contributed by atoms with Gasteiger partial charge < -0.3 is 11.1 Å². The molecule has 1 atom stereocenters. The van der Waals surface area contributed by atoms with Crippen LogP contribution in [0.25, 0.3) is 0 Å². The van der Waals surface area contributed by atoms with Crippen molar-refractivity contribution in [2.45, 2.75) is 26.3 Å². The number of carbonyl (C=O) groups excluding carboxylic acids is 2. The first-order valence-corrected chi connectivity index (χ1v) is 4.52. The molecule has 0 heterocycles. The zero-order valence-corrected chi connectivity index (χ0v) is 8.54. The van der Waals surface area contributed by atoms with Crippen LogP contribution in [0.2, 0.25) is 0 Å². The highest BCUT2D eigenvalue weighted by atomic mass is 16.2. The zero-order valence-electron chi connectivity index (χ0n) is 8.54. The van der Waals surface area contributed by atoms with Crippen molar-refractivity contribution in [3.8, 4) is 0 Å². The van der Waals surface area contributed by atoms with Crippen molar-refractivity contribution in [3.63, 3.8) is 0 Å². The van der Waals surface area contributed by atoms with E-state index in [-0.39, 0.29) is 0 Å². The smallest absolute Gasteiger partial charge is 0.318 e. The van der Waals surface area contributed by atoms with Gasteiger partial charge in [0.2, 0.25) is 5.91 Å². The number of nitrogens with two attached hydrogens (primary N) is 1. The van der Waals surface area contributed by atoms with Gasteiger partial charge in [0.25, 0.3) is 0 Å². The van der Waals surface area contributed by atoms with Gasteiger partial charge in [-0.1, -0.05) is 12.2 Å². The third kappa shape index (κ3) is 6.19. The van der Waals surface area contributed by atoms with Crippen molar-refractivity contribution in [2.24, 2.45) is 5.73 Å². The molecule has 4 N–H and O–H groups in total. The van der Waals surface area contributed by atoms with E-state index in [0.717, 1.165) is 6.42 Å². The fourth-order valence-electron chi connectivity index (χ4n) is 0.872. The fourth-order valence-corrected chi connectivity index (χ4v) is 0.872. The first-order valence-electron chi connectivity index (χ1n) is 4.52. The van der Waals surface area contributed by atoms with Gasteiger partial charge in [0.05, 0.1) is 6.04 Å². The minimum atomic E-state index is -0.822. The summed E-state index contributed by atoms with van der Waals surface area (Å²) in [6, 6.07) is -1.23. The van der Waals surface area contributed by atoms with Crippen molar-refractivity contribution in [1.29, 1.82) is 0 Å². The highest BCUT2D eigenvalue weighted by Crippen LogP contribution is 1.85. The van der Waals surface area contributed by atoms with Crippen LogP contribution in [-0.2, 0) is 4.79 Å². The van der Waals surface area contributed by atoms with E-state index in [2.05, 4.69) is 5.32 Å². The molecule has 80 valence electrons. The number of primary amides is 1. The van der Waals surface area contributed by atoms with Crippen molar-refractivity contribution >= 4 is 11.9 Å². The standard InChI is InChI=1S/C9H17N3O2/c1-3-4-5-6-11-7(2)8(13)12-9(10)14/h3-4,7,11H,5-6H2,1-2H3,(H3,10,12,13,14)/b4-3+. The third-order valence-electron chi connectivity index (χ3n) is 1.64. The van der Waals surface area contributed by atoms with Crippen molar-refractivity contribution in [1.82, 2.24) is 10.6 Å². The van der Waals surface area contributed by atoms with Gasteiger partial charge in [0, 0.05) is 0 Å². The number of hydrogen-bond donors (Lipinski definition) is 3. The average molecular weight is 199 g/mol. The molecule has 0 aromatic carbocycles. The minimum Gasteiger partial charge on any atom is -0.351 e. The van der Waals surface area contributed by atoms with E-state index < -0.39 is 18.0 Å². The Morgan fingerprint density at radius 2 is 2.14 bits per heavy atom. The number of urea groups is 1. The maximum Gasteiger partial charge on any atom is 0.318 e. The molecule has 14 heavy (non-hydrogen) atoms. The first-order chi connectivity index (χ1) is 6.57. The molecule has 1 unspecified atom stereocenters. The summed E-state index contributed by atoms with van der Waals surface area (Å²) in [4.78, 5) is 21.5. The van der Waals surface area contributed by atoms with Gasteiger partial charge in [0.1, 0.15) is 0 Å². The van der Waals surface area contributed by atoms with Crippen LogP contribution in [0.5, 0.6) is 0 Å². The summed E-state index contributed by atoms with van der Waals surface area (Å²) in [7, 11) is 0. The fraction of sp³-hybridized carbons (Fsp3) is 0.556. The molecule has 0 aliphatic rings. The maximum absolute atomic E-state index is 11.1. The van der Waals surface area contributed by atoms with E-state index in [4.69, 9.17) is 5.73 Å². The molecule has 0 aliphatic carbocycles. The molecule has 0 aromatic rings. The summed E-state index contributed by atoms with van der Waals surface area (Å²) < 4.78 is 0. The normalized spacial score (nSPS) is 12.7. The Bertz CT molecular complexity index is 226. The molecule has 0 aliphatic heterocycles. The summed E-state index contributed by atoms with van der Waals surface area (Å²) in [6.07, 6.45) is 4.78. The van der Waals surface area contributed by atoms with Gasteiger partial charge in [-0.2, -0.15) is 0 Å². The molecule has 0 rings (SSSR count). The highest BCUT2D eigenvalue weighted by Gasteiger charge is 2.12. The maximum atomic E-state index is 11.1. The van der Waals surface area contributed by atoms with Crippen LogP contribution in [0.3, 0.4) is 0 Å². The average Bonchev–Trinajstić information content (AvgIpc) is 2.11. The Balaban J connectivity index is 3.67. The van der Waals surface area contributed by atoms with Crippen LogP contribution in [-0.4, -0.2) is 24.5 Å². The Morgan fingerprint density at radius 1 is 1.50 bits per heavy atom. The number of allylic oxidation sites excluding steroid dienone is 1. The highest BCUT2D eigenvalue weighted by molar-refractivity contribution is 5.96. The molecular formula is C9H17N3O2. The van der Waals surface area contributed by atoms with E-state index in [0.29, 0.717) is 6.54 Å². The van der Waals surface area contributed by atoms with E-state index in [1.165, 1.54) is 0 Å². The molecule has 0 spiro atoms. The Kier molecular flexibility index (Phi) is 6.39. The monoisotopic (exact) mass is 199 g/mol. The van der Waals surface area contributed by atoms with Crippen LogP contribution in [0.15, 0.2) is 12.2 Å². The van der Waals surface area contributed by atoms with Crippen molar-refractivity contribution < 1.29 is 9.59 Å².